The highest BCUT2D eigenvalue weighted by molar-refractivity contribution is 7.80. The van der Waals surface area contributed by atoms with Gasteiger partial charge in [0.05, 0.1) is 11.1 Å². The van der Waals surface area contributed by atoms with E-state index in [1.165, 1.54) is 0 Å². The van der Waals surface area contributed by atoms with Gasteiger partial charge in [-0.25, -0.2) is 0 Å². The Hall–Kier alpha value is -0.800. The van der Waals surface area contributed by atoms with Gasteiger partial charge < -0.3 is 10.5 Å². The minimum absolute atomic E-state index is 0.228. The molecule has 0 spiro atoms. The van der Waals surface area contributed by atoms with Crippen molar-refractivity contribution in [1.82, 2.24) is 0 Å². The van der Waals surface area contributed by atoms with Gasteiger partial charge in [-0.15, -0.1) is 0 Å². The predicted molar refractivity (Wildman–Crippen MR) is 72.3 cm³/mol. The number of halogens is 1. The highest BCUT2D eigenvalue weighted by atomic mass is 35.5. The molecule has 2 N–H and O–H groups in total. The van der Waals surface area contributed by atoms with E-state index in [9.17, 15) is 0 Å². The van der Waals surface area contributed by atoms with Crippen LogP contribution in [0, 0.1) is 0 Å². The number of thiocarbonyl (C=S) groups is 1. The van der Waals surface area contributed by atoms with Crippen molar-refractivity contribution in [2.45, 2.75) is 32.8 Å². The first kappa shape index (κ1) is 13.3. The molecule has 0 heterocycles. The van der Waals surface area contributed by atoms with Gasteiger partial charge in [0, 0.05) is 5.56 Å². The van der Waals surface area contributed by atoms with Crippen LogP contribution in [0.2, 0.25) is 5.02 Å². The van der Waals surface area contributed by atoms with Crippen LogP contribution < -0.4 is 10.5 Å². The van der Waals surface area contributed by atoms with Crippen LogP contribution in [0.1, 0.15) is 32.3 Å². The molecule has 0 saturated heterocycles. The van der Waals surface area contributed by atoms with Gasteiger partial charge in [0.15, 0.2) is 0 Å². The molecule has 0 amide bonds. The van der Waals surface area contributed by atoms with Gasteiger partial charge in [-0.05, 0) is 31.0 Å². The van der Waals surface area contributed by atoms with Crippen LogP contribution in [-0.4, -0.2) is 11.1 Å². The zero-order chi connectivity index (χ0) is 12.1. The third-order valence-electron chi connectivity index (χ3n) is 2.42. The maximum atomic E-state index is 6.05. The molecular formula is C12H16ClNOS. The van der Waals surface area contributed by atoms with Crippen molar-refractivity contribution in [2.75, 3.05) is 0 Å². The number of benzene rings is 1. The van der Waals surface area contributed by atoms with E-state index in [4.69, 9.17) is 34.3 Å². The van der Waals surface area contributed by atoms with Crippen molar-refractivity contribution < 1.29 is 4.74 Å². The van der Waals surface area contributed by atoms with Crippen LogP contribution in [0.5, 0.6) is 5.75 Å². The smallest absolute Gasteiger partial charge is 0.121 e. The summed E-state index contributed by atoms with van der Waals surface area (Å²) in [5, 5.41) is 0.538. The quantitative estimate of drug-likeness (QED) is 0.820. The van der Waals surface area contributed by atoms with E-state index >= 15 is 0 Å². The molecule has 0 radical (unpaired) electrons. The van der Waals surface area contributed by atoms with Gasteiger partial charge in [0.2, 0.25) is 0 Å². The fourth-order valence-electron chi connectivity index (χ4n) is 1.42. The average molecular weight is 258 g/mol. The summed E-state index contributed by atoms with van der Waals surface area (Å²) in [6, 6.07) is 5.40. The van der Waals surface area contributed by atoms with E-state index in [1.54, 1.807) is 12.1 Å². The summed E-state index contributed by atoms with van der Waals surface area (Å²) in [5.41, 5.74) is 6.21. The molecule has 0 bridgehead atoms. The normalized spacial score (nSPS) is 10.5. The predicted octanol–water partition coefficient (Wildman–Crippen LogP) is 3.54. The van der Waals surface area contributed by atoms with Crippen molar-refractivity contribution in [3.63, 3.8) is 0 Å². The maximum absolute atomic E-state index is 6.05. The second kappa shape index (κ2) is 6.06. The second-order valence-electron chi connectivity index (χ2n) is 3.56. The second-order valence-corrected chi connectivity index (χ2v) is 4.41. The molecule has 0 atom stereocenters. The number of rotatable bonds is 5. The van der Waals surface area contributed by atoms with Gasteiger partial charge in [-0.3, -0.25) is 0 Å². The first-order chi connectivity index (χ1) is 7.58. The summed E-state index contributed by atoms with van der Waals surface area (Å²) in [5.74, 6) is 0.763. The van der Waals surface area contributed by atoms with Crippen LogP contribution >= 0.6 is 23.8 Å². The van der Waals surface area contributed by atoms with E-state index in [0.717, 1.165) is 18.6 Å². The SMILES string of the molecule is CCC(CC)Oc1ccc(C(N)=S)c(Cl)c1. The highest BCUT2D eigenvalue weighted by Crippen LogP contribution is 2.24. The Balaban J connectivity index is 2.84. The number of hydrogen-bond acceptors (Lipinski definition) is 2. The molecule has 16 heavy (non-hydrogen) atoms. The minimum Gasteiger partial charge on any atom is -0.490 e. The highest BCUT2D eigenvalue weighted by Gasteiger charge is 2.08. The van der Waals surface area contributed by atoms with Crippen molar-refractivity contribution >= 4 is 28.8 Å². The van der Waals surface area contributed by atoms with Crippen LogP contribution in [-0.2, 0) is 0 Å². The van der Waals surface area contributed by atoms with Crippen molar-refractivity contribution in [3.05, 3.63) is 28.8 Å². The maximum Gasteiger partial charge on any atom is 0.121 e. The van der Waals surface area contributed by atoms with E-state index in [1.807, 2.05) is 6.07 Å². The van der Waals surface area contributed by atoms with E-state index in [-0.39, 0.29) is 6.10 Å². The Labute approximate surface area is 107 Å². The minimum atomic E-state index is 0.228. The molecule has 88 valence electrons. The molecule has 1 aromatic rings. The molecule has 2 nitrogen and oxygen atoms in total. The molecule has 0 saturated carbocycles. The van der Waals surface area contributed by atoms with E-state index in [0.29, 0.717) is 15.6 Å². The average Bonchev–Trinajstić information content (AvgIpc) is 2.25. The first-order valence-corrected chi connectivity index (χ1v) is 6.13. The monoisotopic (exact) mass is 257 g/mol. The zero-order valence-electron chi connectivity index (χ0n) is 9.50. The molecule has 0 aromatic heterocycles. The molecule has 0 aliphatic carbocycles. The Bertz CT molecular complexity index is 377. The van der Waals surface area contributed by atoms with Gasteiger partial charge in [0.25, 0.3) is 0 Å². The summed E-state index contributed by atoms with van der Waals surface area (Å²) in [7, 11) is 0. The van der Waals surface area contributed by atoms with Crippen molar-refractivity contribution in [1.29, 1.82) is 0 Å². The van der Waals surface area contributed by atoms with E-state index < -0.39 is 0 Å². The third-order valence-corrected chi connectivity index (χ3v) is 2.95. The van der Waals surface area contributed by atoms with Crippen molar-refractivity contribution in [2.24, 2.45) is 5.73 Å². The molecule has 0 fully saturated rings. The van der Waals surface area contributed by atoms with Gasteiger partial charge in [-0.1, -0.05) is 37.7 Å². The van der Waals surface area contributed by atoms with Crippen LogP contribution in [0.25, 0.3) is 0 Å². The number of ether oxygens (including phenoxy) is 1. The molecule has 0 aliphatic rings. The van der Waals surface area contributed by atoms with Crippen LogP contribution in [0.3, 0.4) is 0 Å². The summed E-state index contributed by atoms with van der Waals surface area (Å²) in [6.45, 7) is 4.19. The summed E-state index contributed by atoms with van der Waals surface area (Å²) in [6.07, 6.45) is 2.18. The lowest BCUT2D eigenvalue weighted by Gasteiger charge is -2.16. The third kappa shape index (κ3) is 3.35. The molecule has 1 rings (SSSR count). The molecule has 1 aromatic carbocycles. The lowest BCUT2D eigenvalue weighted by atomic mass is 10.2. The fraction of sp³-hybridized carbons (Fsp3) is 0.417. The fourth-order valence-corrected chi connectivity index (χ4v) is 1.92. The first-order valence-electron chi connectivity index (χ1n) is 5.34. The largest absolute Gasteiger partial charge is 0.490 e. The summed E-state index contributed by atoms with van der Waals surface area (Å²) in [4.78, 5) is 0.305. The molecule has 4 heteroatoms. The Morgan fingerprint density at radius 3 is 2.50 bits per heavy atom. The number of nitrogens with two attached hydrogens (primary N) is 1. The standard InChI is InChI=1S/C12H16ClNOS/c1-3-8(4-2)15-9-5-6-10(12(14)16)11(13)7-9/h5-8H,3-4H2,1-2H3,(H2,14,16). The van der Waals surface area contributed by atoms with Crippen LogP contribution in [0.15, 0.2) is 18.2 Å². The lowest BCUT2D eigenvalue weighted by molar-refractivity contribution is 0.193. The van der Waals surface area contributed by atoms with Gasteiger partial charge >= 0.3 is 0 Å². The zero-order valence-corrected chi connectivity index (χ0v) is 11.1. The van der Waals surface area contributed by atoms with E-state index in [2.05, 4.69) is 13.8 Å². The Morgan fingerprint density at radius 1 is 1.44 bits per heavy atom. The molecule has 0 aliphatic heterocycles. The number of hydrogen-bond donors (Lipinski definition) is 1. The molecular weight excluding hydrogens is 242 g/mol. The Morgan fingerprint density at radius 2 is 2.06 bits per heavy atom. The Kier molecular flexibility index (Phi) is 5.03. The molecule has 0 unspecified atom stereocenters. The summed E-state index contributed by atoms with van der Waals surface area (Å²) >= 11 is 10.9. The van der Waals surface area contributed by atoms with Crippen LogP contribution in [0.4, 0.5) is 0 Å². The van der Waals surface area contributed by atoms with Gasteiger partial charge in [-0.2, -0.15) is 0 Å². The van der Waals surface area contributed by atoms with Gasteiger partial charge in [0.1, 0.15) is 10.7 Å². The summed E-state index contributed by atoms with van der Waals surface area (Å²) < 4.78 is 5.76. The lowest BCUT2D eigenvalue weighted by Crippen LogP contribution is -2.14. The topological polar surface area (TPSA) is 35.2 Å². The van der Waals surface area contributed by atoms with Crippen molar-refractivity contribution in [3.8, 4) is 5.75 Å².